The molecule has 0 saturated carbocycles. The van der Waals surface area contributed by atoms with Gasteiger partial charge < -0.3 is 19.4 Å². The summed E-state index contributed by atoms with van der Waals surface area (Å²) in [6.45, 7) is 4.54. The molecule has 0 bridgehead atoms. The standard InChI is InChI=1S/C27H28N2O3/c1-4-29(26(30)18-32-25-12-8-7-11-24(25)31-3)27(20-15-13-19(2)14-16-20)22-17-28-23-10-6-5-9-21(22)23/h5-17,27-28H,4,18H2,1-3H3. The number of aromatic amines is 1. The second-order valence-electron chi connectivity index (χ2n) is 7.72. The molecule has 3 aromatic carbocycles. The number of methoxy groups -OCH3 is 1. The van der Waals surface area contributed by atoms with Gasteiger partial charge in [0, 0.05) is 29.2 Å². The Morgan fingerprint density at radius 1 is 0.969 bits per heavy atom. The van der Waals surface area contributed by atoms with Crippen molar-refractivity contribution in [2.75, 3.05) is 20.3 Å². The lowest BCUT2D eigenvalue weighted by Crippen LogP contribution is -2.38. The fraction of sp³-hybridized carbons (Fsp3) is 0.222. The molecule has 1 heterocycles. The van der Waals surface area contributed by atoms with Crippen molar-refractivity contribution in [2.24, 2.45) is 0 Å². The van der Waals surface area contributed by atoms with Gasteiger partial charge in [0.25, 0.3) is 5.91 Å². The minimum atomic E-state index is -0.231. The molecule has 1 N–H and O–H groups in total. The lowest BCUT2D eigenvalue weighted by Gasteiger charge is -2.31. The molecule has 0 saturated heterocycles. The fourth-order valence-corrected chi connectivity index (χ4v) is 4.06. The molecule has 0 fully saturated rings. The number of nitrogens with one attached hydrogen (secondary N) is 1. The van der Waals surface area contributed by atoms with Gasteiger partial charge in [-0.25, -0.2) is 0 Å². The Kier molecular flexibility index (Phi) is 6.45. The van der Waals surface area contributed by atoms with E-state index in [0.29, 0.717) is 18.0 Å². The maximum atomic E-state index is 13.4. The number of hydrogen-bond donors (Lipinski definition) is 1. The average Bonchev–Trinajstić information content (AvgIpc) is 3.25. The third kappa shape index (κ3) is 4.33. The molecule has 0 spiro atoms. The summed E-state index contributed by atoms with van der Waals surface area (Å²) in [5.74, 6) is 1.07. The van der Waals surface area contributed by atoms with Crippen LogP contribution in [0.1, 0.15) is 29.7 Å². The van der Waals surface area contributed by atoms with Crippen LogP contribution in [-0.4, -0.2) is 36.1 Å². The maximum absolute atomic E-state index is 13.4. The van der Waals surface area contributed by atoms with E-state index in [1.165, 1.54) is 5.56 Å². The van der Waals surface area contributed by atoms with Crippen molar-refractivity contribution in [2.45, 2.75) is 19.9 Å². The smallest absolute Gasteiger partial charge is 0.261 e. The van der Waals surface area contributed by atoms with Crippen LogP contribution >= 0.6 is 0 Å². The van der Waals surface area contributed by atoms with Crippen molar-refractivity contribution in [3.05, 3.63) is 95.7 Å². The first-order valence-corrected chi connectivity index (χ1v) is 10.8. The number of aromatic nitrogens is 1. The van der Waals surface area contributed by atoms with E-state index < -0.39 is 0 Å². The Hall–Kier alpha value is -3.73. The van der Waals surface area contributed by atoms with Crippen molar-refractivity contribution in [1.82, 2.24) is 9.88 Å². The molecule has 0 aliphatic heterocycles. The summed E-state index contributed by atoms with van der Waals surface area (Å²) in [4.78, 5) is 18.6. The van der Waals surface area contributed by atoms with Crippen LogP contribution < -0.4 is 9.47 Å². The van der Waals surface area contributed by atoms with Crippen molar-refractivity contribution in [1.29, 1.82) is 0 Å². The third-order valence-electron chi connectivity index (χ3n) is 5.70. The molecular weight excluding hydrogens is 400 g/mol. The van der Waals surface area contributed by atoms with E-state index in [2.05, 4.69) is 42.2 Å². The number of likely N-dealkylation sites (N-methyl/N-ethyl adjacent to an activating group) is 1. The van der Waals surface area contributed by atoms with Gasteiger partial charge in [0.1, 0.15) is 0 Å². The maximum Gasteiger partial charge on any atom is 0.261 e. The first-order valence-electron chi connectivity index (χ1n) is 10.8. The summed E-state index contributed by atoms with van der Waals surface area (Å²) in [7, 11) is 1.59. The highest BCUT2D eigenvalue weighted by molar-refractivity contribution is 5.86. The Balaban J connectivity index is 1.68. The Bertz CT molecular complexity index is 1200. The topological polar surface area (TPSA) is 54.6 Å². The SMILES string of the molecule is CCN(C(=O)COc1ccccc1OC)C(c1ccc(C)cc1)c1c[nH]c2ccccc12. The second kappa shape index (κ2) is 9.60. The van der Waals surface area contributed by atoms with Crippen LogP contribution in [0.4, 0.5) is 0 Å². The molecule has 1 aromatic heterocycles. The van der Waals surface area contributed by atoms with Gasteiger partial charge in [-0.05, 0) is 37.6 Å². The number of fused-ring (bicyclic) bond motifs is 1. The van der Waals surface area contributed by atoms with Crippen LogP contribution in [0.25, 0.3) is 10.9 Å². The summed E-state index contributed by atoms with van der Waals surface area (Å²) in [5, 5.41) is 1.11. The number of aryl methyl sites for hydroxylation is 1. The van der Waals surface area contributed by atoms with Crippen LogP contribution in [0, 0.1) is 6.92 Å². The van der Waals surface area contributed by atoms with Gasteiger partial charge in [0.15, 0.2) is 18.1 Å². The number of nitrogens with zero attached hydrogens (tertiary/aromatic N) is 1. The zero-order valence-electron chi connectivity index (χ0n) is 18.7. The van der Waals surface area contributed by atoms with Crippen LogP contribution in [0.3, 0.4) is 0 Å². The van der Waals surface area contributed by atoms with Crippen LogP contribution in [0.5, 0.6) is 11.5 Å². The van der Waals surface area contributed by atoms with Crippen molar-refractivity contribution in [3.8, 4) is 11.5 Å². The molecule has 5 nitrogen and oxygen atoms in total. The first kappa shape index (κ1) is 21.5. The molecule has 0 aliphatic rings. The predicted octanol–water partition coefficient (Wildman–Crippen LogP) is 5.50. The number of benzene rings is 3. The molecule has 4 rings (SSSR count). The van der Waals surface area contributed by atoms with Crippen molar-refractivity contribution < 1.29 is 14.3 Å². The van der Waals surface area contributed by atoms with Crippen molar-refractivity contribution >= 4 is 16.8 Å². The van der Waals surface area contributed by atoms with Gasteiger partial charge >= 0.3 is 0 Å². The molecule has 1 unspecified atom stereocenters. The first-order chi connectivity index (χ1) is 15.6. The van der Waals surface area contributed by atoms with Crippen LogP contribution in [0.2, 0.25) is 0 Å². The van der Waals surface area contributed by atoms with E-state index in [0.717, 1.165) is 22.0 Å². The van der Waals surface area contributed by atoms with E-state index in [9.17, 15) is 4.79 Å². The van der Waals surface area contributed by atoms with Gasteiger partial charge in [0.05, 0.1) is 13.2 Å². The monoisotopic (exact) mass is 428 g/mol. The highest BCUT2D eigenvalue weighted by Crippen LogP contribution is 2.34. The zero-order chi connectivity index (χ0) is 22.5. The Morgan fingerprint density at radius 2 is 1.66 bits per heavy atom. The Morgan fingerprint density at radius 3 is 2.38 bits per heavy atom. The van der Waals surface area contributed by atoms with Crippen molar-refractivity contribution in [3.63, 3.8) is 0 Å². The summed E-state index contributed by atoms with van der Waals surface area (Å²) in [5.41, 5.74) is 4.36. The molecule has 1 atom stereocenters. The zero-order valence-corrected chi connectivity index (χ0v) is 18.7. The lowest BCUT2D eigenvalue weighted by atomic mass is 9.95. The van der Waals surface area contributed by atoms with Crippen LogP contribution in [0.15, 0.2) is 79.0 Å². The number of amides is 1. The predicted molar refractivity (Wildman–Crippen MR) is 127 cm³/mol. The molecule has 32 heavy (non-hydrogen) atoms. The van der Waals surface area contributed by atoms with Gasteiger partial charge in [0.2, 0.25) is 0 Å². The number of H-pyrrole nitrogens is 1. The minimum Gasteiger partial charge on any atom is -0.493 e. The van der Waals surface area contributed by atoms with E-state index >= 15 is 0 Å². The minimum absolute atomic E-state index is 0.0705. The molecular formula is C27H28N2O3. The van der Waals surface area contributed by atoms with E-state index in [1.807, 2.05) is 54.4 Å². The van der Waals surface area contributed by atoms with Gasteiger partial charge in [-0.15, -0.1) is 0 Å². The number of hydrogen-bond acceptors (Lipinski definition) is 3. The van der Waals surface area contributed by atoms with E-state index in [4.69, 9.17) is 9.47 Å². The quantitative estimate of drug-likeness (QED) is 0.403. The third-order valence-corrected chi connectivity index (χ3v) is 5.70. The largest absolute Gasteiger partial charge is 0.493 e. The summed E-state index contributed by atoms with van der Waals surface area (Å²) in [6.07, 6.45) is 2.01. The van der Waals surface area contributed by atoms with Gasteiger partial charge in [-0.3, -0.25) is 4.79 Å². The molecule has 4 aromatic rings. The number of carbonyl (C=O) groups excluding carboxylic acids is 1. The number of ether oxygens (including phenoxy) is 2. The molecule has 5 heteroatoms. The molecule has 164 valence electrons. The normalized spacial score (nSPS) is 11.8. The number of para-hydroxylation sites is 3. The number of carbonyl (C=O) groups is 1. The fourth-order valence-electron chi connectivity index (χ4n) is 4.06. The summed E-state index contributed by atoms with van der Waals surface area (Å²) < 4.78 is 11.2. The molecule has 0 aliphatic carbocycles. The Labute approximate surface area is 188 Å². The second-order valence-corrected chi connectivity index (χ2v) is 7.72. The van der Waals surface area contributed by atoms with Crippen LogP contribution in [-0.2, 0) is 4.79 Å². The highest BCUT2D eigenvalue weighted by Gasteiger charge is 2.28. The number of rotatable bonds is 8. The van der Waals surface area contributed by atoms with E-state index in [1.54, 1.807) is 13.2 Å². The average molecular weight is 429 g/mol. The summed E-state index contributed by atoms with van der Waals surface area (Å²) in [6, 6.07) is 23.7. The van der Waals surface area contributed by atoms with Gasteiger partial charge in [-0.2, -0.15) is 0 Å². The molecule has 1 amide bonds. The van der Waals surface area contributed by atoms with E-state index in [-0.39, 0.29) is 18.6 Å². The van der Waals surface area contributed by atoms with Gasteiger partial charge in [-0.1, -0.05) is 60.2 Å². The summed E-state index contributed by atoms with van der Waals surface area (Å²) >= 11 is 0. The highest BCUT2D eigenvalue weighted by atomic mass is 16.5. The molecule has 0 radical (unpaired) electrons. The lowest BCUT2D eigenvalue weighted by molar-refractivity contribution is -0.134.